The summed E-state index contributed by atoms with van der Waals surface area (Å²) in [5, 5.41) is 32.4. The summed E-state index contributed by atoms with van der Waals surface area (Å²) in [7, 11) is -8.44. The lowest BCUT2D eigenvalue weighted by Gasteiger charge is -2.31. The molecule has 40 heavy (non-hydrogen) atoms. The average Bonchev–Trinajstić information content (AvgIpc) is 2.91. The summed E-state index contributed by atoms with van der Waals surface area (Å²) in [4.78, 5) is -0.124. The van der Waals surface area contributed by atoms with E-state index >= 15 is 0 Å². The number of rotatable bonds is 24. The SMILES string of the molecule is CCCCCCCCCCCCCC[C@@H](O)[C@@H](O)[C@@H](NS(=O)(=O)c1ccc(C)cc1)C(O)S(=O)(=O)CCCCC. The molecule has 4 atom stereocenters. The molecule has 0 aliphatic heterocycles. The summed E-state index contributed by atoms with van der Waals surface area (Å²) >= 11 is 0. The second kappa shape index (κ2) is 20.0. The predicted molar refractivity (Wildman–Crippen MR) is 162 cm³/mol. The molecule has 0 aliphatic rings. The molecule has 0 heterocycles. The van der Waals surface area contributed by atoms with Crippen LogP contribution in [-0.4, -0.2) is 61.6 Å². The zero-order valence-corrected chi connectivity index (χ0v) is 26.6. The first-order valence-electron chi connectivity index (χ1n) is 15.3. The number of nitrogens with one attached hydrogen (secondary N) is 1. The largest absolute Gasteiger partial charge is 0.390 e. The molecule has 0 aliphatic carbocycles. The number of hydrogen-bond acceptors (Lipinski definition) is 7. The van der Waals surface area contributed by atoms with Gasteiger partial charge in [-0.1, -0.05) is 121 Å². The van der Waals surface area contributed by atoms with Crippen molar-refractivity contribution in [3.63, 3.8) is 0 Å². The molecule has 0 spiro atoms. The topological polar surface area (TPSA) is 141 Å². The lowest BCUT2D eigenvalue weighted by atomic mass is 10.00. The minimum absolute atomic E-state index is 0.124. The summed E-state index contributed by atoms with van der Waals surface area (Å²) in [5.74, 6) is -0.341. The Morgan fingerprint density at radius 2 is 1.12 bits per heavy atom. The normalized spacial score (nSPS) is 15.6. The number of aryl methyl sites for hydroxylation is 1. The Morgan fingerprint density at radius 3 is 1.62 bits per heavy atom. The van der Waals surface area contributed by atoms with E-state index < -0.39 is 43.5 Å². The lowest BCUT2D eigenvalue weighted by molar-refractivity contribution is -0.0221. The molecule has 0 radical (unpaired) electrons. The van der Waals surface area contributed by atoms with Crippen LogP contribution in [0.5, 0.6) is 0 Å². The van der Waals surface area contributed by atoms with Crippen molar-refractivity contribution < 1.29 is 32.2 Å². The van der Waals surface area contributed by atoms with Crippen LogP contribution < -0.4 is 4.72 Å². The Kier molecular flexibility index (Phi) is 18.5. The van der Waals surface area contributed by atoms with Crippen LogP contribution in [0.3, 0.4) is 0 Å². The highest BCUT2D eigenvalue weighted by atomic mass is 32.2. The molecule has 0 bridgehead atoms. The molecule has 1 unspecified atom stereocenters. The van der Waals surface area contributed by atoms with E-state index in [1.807, 2.05) is 6.92 Å². The van der Waals surface area contributed by atoms with Crippen molar-refractivity contribution in [3.8, 4) is 0 Å². The van der Waals surface area contributed by atoms with Crippen LogP contribution in [0.4, 0.5) is 0 Å². The minimum atomic E-state index is -4.28. The second-order valence-electron chi connectivity index (χ2n) is 11.2. The first kappa shape index (κ1) is 37.0. The third kappa shape index (κ3) is 14.2. The maximum Gasteiger partial charge on any atom is 0.241 e. The van der Waals surface area contributed by atoms with E-state index in [2.05, 4.69) is 11.6 Å². The van der Waals surface area contributed by atoms with Crippen LogP contribution in [-0.2, 0) is 19.9 Å². The van der Waals surface area contributed by atoms with Gasteiger partial charge in [-0.15, -0.1) is 0 Å². The molecule has 1 rings (SSSR count). The fourth-order valence-corrected chi connectivity index (χ4v) is 7.63. The molecule has 0 aromatic heterocycles. The molecule has 10 heteroatoms. The van der Waals surface area contributed by atoms with E-state index in [1.165, 1.54) is 63.5 Å². The van der Waals surface area contributed by atoms with Gasteiger partial charge in [-0.25, -0.2) is 21.6 Å². The molecule has 0 amide bonds. The first-order chi connectivity index (χ1) is 19.0. The Labute approximate surface area is 244 Å². The summed E-state index contributed by atoms with van der Waals surface area (Å²) in [6.07, 6.45) is 12.4. The minimum Gasteiger partial charge on any atom is -0.390 e. The number of sulfone groups is 1. The van der Waals surface area contributed by atoms with Crippen molar-refractivity contribution in [2.24, 2.45) is 0 Å². The summed E-state index contributed by atoms with van der Waals surface area (Å²) in [6.45, 7) is 5.93. The monoisotopic (exact) mass is 605 g/mol. The Balaban J connectivity index is 2.72. The predicted octanol–water partition coefficient (Wildman–Crippen LogP) is 5.38. The van der Waals surface area contributed by atoms with Gasteiger partial charge in [0.15, 0.2) is 15.3 Å². The quantitative estimate of drug-likeness (QED) is 0.116. The van der Waals surface area contributed by atoms with E-state index in [-0.39, 0.29) is 17.1 Å². The number of aliphatic hydroxyl groups is 3. The molecule has 4 N–H and O–H groups in total. The zero-order chi connectivity index (χ0) is 30.0. The van der Waals surface area contributed by atoms with Crippen molar-refractivity contribution in [1.29, 1.82) is 0 Å². The van der Waals surface area contributed by atoms with Crippen molar-refractivity contribution >= 4 is 19.9 Å². The molecule has 1 aromatic rings. The van der Waals surface area contributed by atoms with Gasteiger partial charge in [-0.2, -0.15) is 0 Å². The number of benzene rings is 1. The van der Waals surface area contributed by atoms with Crippen molar-refractivity contribution in [2.75, 3.05) is 5.75 Å². The fourth-order valence-electron chi connectivity index (χ4n) is 4.76. The van der Waals surface area contributed by atoms with Crippen LogP contribution in [0.25, 0.3) is 0 Å². The van der Waals surface area contributed by atoms with Crippen molar-refractivity contribution in [2.45, 2.75) is 152 Å². The van der Waals surface area contributed by atoms with Gasteiger partial charge in [0.2, 0.25) is 10.0 Å². The van der Waals surface area contributed by atoms with Crippen LogP contribution in [0.15, 0.2) is 29.2 Å². The second-order valence-corrected chi connectivity index (χ2v) is 15.1. The number of aliphatic hydroxyl groups excluding tert-OH is 3. The standard InChI is InChI=1S/C30H55NO7S2/c1-4-6-8-9-10-11-12-13-14-15-16-17-19-27(32)29(33)28(30(34)39(35,36)24-18-7-5-2)31-40(37,38)26-22-20-25(3)21-23-26/h20-23,27-34H,4-19,24H2,1-3H3/t27-,28-,29-,30?/m1/s1. The van der Waals surface area contributed by atoms with Gasteiger partial charge in [0.1, 0.15) is 0 Å². The first-order valence-corrected chi connectivity index (χ1v) is 18.5. The van der Waals surface area contributed by atoms with E-state index in [0.29, 0.717) is 19.3 Å². The highest BCUT2D eigenvalue weighted by Gasteiger charge is 2.41. The highest BCUT2D eigenvalue weighted by Crippen LogP contribution is 2.20. The average molecular weight is 606 g/mol. The zero-order valence-electron chi connectivity index (χ0n) is 24.9. The Bertz CT molecular complexity index is 997. The van der Waals surface area contributed by atoms with Crippen molar-refractivity contribution in [1.82, 2.24) is 4.72 Å². The van der Waals surface area contributed by atoms with Gasteiger partial charge >= 0.3 is 0 Å². The number of sulfonamides is 1. The van der Waals surface area contributed by atoms with Gasteiger partial charge in [0.25, 0.3) is 0 Å². The molecular formula is C30H55NO7S2. The van der Waals surface area contributed by atoms with Crippen molar-refractivity contribution in [3.05, 3.63) is 29.8 Å². The number of unbranched alkanes of at least 4 members (excludes halogenated alkanes) is 13. The summed E-state index contributed by atoms with van der Waals surface area (Å²) in [6, 6.07) is 4.11. The molecule has 1 aromatic carbocycles. The van der Waals surface area contributed by atoms with E-state index in [4.69, 9.17) is 0 Å². The van der Waals surface area contributed by atoms with Crippen LogP contribution in [0, 0.1) is 6.92 Å². The lowest BCUT2D eigenvalue weighted by Crippen LogP contribution is -2.57. The van der Waals surface area contributed by atoms with Gasteiger partial charge in [0, 0.05) is 0 Å². The molecule has 0 saturated heterocycles. The Hall–Kier alpha value is -1.04. The fraction of sp³-hybridized carbons (Fsp3) is 0.800. The van der Waals surface area contributed by atoms with Gasteiger partial charge < -0.3 is 15.3 Å². The van der Waals surface area contributed by atoms with E-state index in [0.717, 1.165) is 31.2 Å². The van der Waals surface area contributed by atoms with E-state index in [1.54, 1.807) is 19.1 Å². The van der Waals surface area contributed by atoms with Gasteiger partial charge in [0.05, 0.1) is 28.9 Å². The third-order valence-electron chi connectivity index (χ3n) is 7.45. The van der Waals surface area contributed by atoms with Gasteiger partial charge in [-0.05, 0) is 31.9 Å². The van der Waals surface area contributed by atoms with Crippen LogP contribution in [0.2, 0.25) is 0 Å². The molecular weight excluding hydrogens is 550 g/mol. The third-order valence-corrected chi connectivity index (χ3v) is 10.8. The van der Waals surface area contributed by atoms with E-state index in [9.17, 15) is 32.2 Å². The Morgan fingerprint density at radius 1 is 0.675 bits per heavy atom. The van der Waals surface area contributed by atoms with Gasteiger partial charge in [-0.3, -0.25) is 0 Å². The number of hydrogen-bond donors (Lipinski definition) is 4. The summed E-state index contributed by atoms with van der Waals surface area (Å²) < 4.78 is 53.9. The smallest absolute Gasteiger partial charge is 0.241 e. The molecule has 8 nitrogen and oxygen atoms in total. The van der Waals surface area contributed by atoms with Crippen LogP contribution in [0.1, 0.15) is 122 Å². The maximum absolute atomic E-state index is 13.0. The highest BCUT2D eigenvalue weighted by molar-refractivity contribution is 7.92. The molecule has 234 valence electrons. The molecule has 0 saturated carbocycles. The summed E-state index contributed by atoms with van der Waals surface area (Å²) in [5.41, 5.74) is -1.36. The molecule has 0 fully saturated rings. The van der Waals surface area contributed by atoms with Crippen LogP contribution >= 0.6 is 0 Å². The maximum atomic E-state index is 13.0.